The molecule has 2 amide bonds. The number of hydrogen-bond acceptors (Lipinski definition) is 7. The van der Waals surface area contributed by atoms with Crippen molar-refractivity contribution in [3.8, 4) is 11.5 Å². The third-order valence-electron chi connectivity index (χ3n) is 4.22. The molecule has 2 aromatic heterocycles. The van der Waals surface area contributed by atoms with Crippen molar-refractivity contribution in [2.45, 2.75) is 33.6 Å². The van der Waals surface area contributed by atoms with Gasteiger partial charge in [-0.2, -0.15) is 9.61 Å². The topological polar surface area (TPSA) is 114 Å². The van der Waals surface area contributed by atoms with Crippen LogP contribution in [0.25, 0.3) is 5.65 Å². The maximum atomic E-state index is 12.3. The number of fused-ring (bicyclic) bond motifs is 2. The summed E-state index contributed by atoms with van der Waals surface area (Å²) in [5, 5.41) is 14.9. The molecule has 4 rings (SSSR count). The van der Waals surface area contributed by atoms with Crippen molar-refractivity contribution in [2.75, 3.05) is 42.8 Å². The predicted molar refractivity (Wildman–Crippen MR) is 129 cm³/mol. The van der Waals surface area contributed by atoms with Crippen molar-refractivity contribution in [1.29, 1.82) is 0 Å². The van der Waals surface area contributed by atoms with E-state index in [0.29, 0.717) is 47.7 Å². The van der Waals surface area contributed by atoms with E-state index in [1.54, 1.807) is 13.1 Å². The normalized spacial score (nSPS) is 11.7. The molecule has 0 saturated heterocycles. The van der Waals surface area contributed by atoms with Gasteiger partial charge in [-0.1, -0.05) is 19.9 Å². The van der Waals surface area contributed by atoms with Crippen LogP contribution in [0.4, 0.5) is 45.4 Å². The molecule has 3 heterocycles. The number of benzene rings is 1. The SMILES string of the molecule is CC.CC(F)F.CNc1cc(Nc2cccc3c2OCCO3)nc2c(NC(=O)NCC(F)F)cnn12. The first-order valence-electron chi connectivity index (χ1n) is 11.1. The molecule has 0 atom stereocenters. The van der Waals surface area contributed by atoms with E-state index in [-0.39, 0.29) is 5.69 Å². The van der Waals surface area contributed by atoms with Crippen molar-refractivity contribution in [1.82, 2.24) is 19.9 Å². The molecule has 0 saturated carbocycles. The van der Waals surface area contributed by atoms with Crippen LogP contribution in [0, 0.1) is 0 Å². The number of carbonyl (C=O) groups excluding carboxylic acids is 1. The summed E-state index contributed by atoms with van der Waals surface area (Å²) in [6.07, 6.45) is -3.43. The number of alkyl halides is 4. The van der Waals surface area contributed by atoms with Crippen LogP contribution in [0.2, 0.25) is 0 Å². The highest BCUT2D eigenvalue weighted by Crippen LogP contribution is 2.38. The van der Waals surface area contributed by atoms with E-state index in [0.717, 1.165) is 6.92 Å². The van der Waals surface area contributed by atoms with E-state index in [9.17, 15) is 22.4 Å². The van der Waals surface area contributed by atoms with Gasteiger partial charge in [0.15, 0.2) is 17.1 Å². The van der Waals surface area contributed by atoms with Gasteiger partial charge in [0.1, 0.15) is 30.5 Å². The molecule has 0 aliphatic carbocycles. The fourth-order valence-corrected chi connectivity index (χ4v) is 2.94. The first kappa shape index (κ1) is 28.3. The number of rotatable bonds is 6. The van der Waals surface area contributed by atoms with Gasteiger partial charge < -0.3 is 30.7 Å². The second-order valence-corrected chi connectivity index (χ2v) is 6.77. The molecule has 1 aromatic carbocycles. The largest absolute Gasteiger partial charge is 0.486 e. The monoisotopic (exact) mass is 515 g/mol. The maximum Gasteiger partial charge on any atom is 0.319 e. The first-order chi connectivity index (χ1) is 17.3. The van der Waals surface area contributed by atoms with Crippen molar-refractivity contribution in [3.05, 3.63) is 30.5 Å². The van der Waals surface area contributed by atoms with Crippen molar-refractivity contribution < 1.29 is 31.8 Å². The molecule has 36 heavy (non-hydrogen) atoms. The van der Waals surface area contributed by atoms with Crippen LogP contribution in [0.5, 0.6) is 11.5 Å². The van der Waals surface area contributed by atoms with Gasteiger partial charge in [0.25, 0.3) is 6.43 Å². The molecule has 0 spiro atoms. The van der Waals surface area contributed by atoms with Crippen LogP contribution in [0.1, 0.15) is 20.8 Å². The Morgan fingerprint density at radius 1 is 1.14 bits per heavy atom. The lowest BCUT2D eigenvalue weighted by atomic mass is 10.2. The summed E-state index contributed by atoms with van der Waals surface area (Å²) in [7, 11) is 1.71. The Morgan fingerprint density at radius 2 is 1.83 bits per heavy atom. The van der Waals surface area contributed by atoms with Gasteiger partial charge in [-0.3, -0.25) is 0 Å². The lowest BCUT2D eigenvalue weighted by Crippen LogP contribution is -2.32. The molecule has 0 radical (unpaired) electrons. The molecular weight excluding hydrogens is 486 g/mol. The van der Waals surface area contributed by atoms with E-state index in [4.69, 9.17) is 9.47 Å². The summed E-state index contributed by atoms with van der Waals surface area (Å²) in [5.74, 6) is 2.25. The van der Waals surface area contributed by atoms with Gasteiger partial charge in [-0.15, -0.1) is 0 Å². The van der Waals surface area contributed by atoms with Crippen molar-refractivity contribution >= 4 is 34.7 Å². The molecule has 0 bridgehead atoms. The van der Waals surface area contributed by atoms with Crippen LogP contribution >= 0.6 is 0 Å². The summed E-state index contributed by atoms with van der Waals surface area (Å²) in [6, 6.07) is 6.41. The van der Waals surface area contributed by atoms with Crippen molar-refractivity contribution in [3.63, 3.8) is 0 Å². The Morgan fingerprint density at radius 3 is 2.50 bits per heavy atom. The zero-order chi connectivity index (χ0) is 26.7. The van der Waals surface area contributed by atoms with Crippen LogP contribution in [0.15, 0.2) is 30.5 Å². The Bertz CT molecular complexity index is 1130. The molecular formula is C22H29F4N7O3. The average molecular weight is 516 g/mol. The second-order valence-electron chi connectivity index (χ2n) is 6.77. The molecule has 1 aliphatic rings. The zero-order valence-electron chi connectivity index (χ0n) is 20.2. The summed E-state index contributed by atoms with van der Waals surface area (Å²) < 4.78 is 58.0. The number of para-hydroxylation sites is 1. The van der Waals surface area contributed by atoms with E-state index in [2.05, 4.69) is 31.3 Å². The highest BCUT2D eigenvalue weighted by molar-refractivity contribution is 5.93. The number of aromatic nitrogens is 3. The minimum Gasteiger partial charge on any atom is -0.486 e. The number of amides is 2. The molecule has 0 fully saturated rings. The van der Waals surface area contributed by atoms with Gasteiger partial charge in [-0.25, -0.2) is 27.3 Å². The summed E-state index contributed by atoms with van der Waals surface area (Å²) >= 11 is 0. The van der Waals surface area contributed by atoms with Gasteiger partial charge in [-0.05, 0) is 19.1 Å². The fraction of sp³-hybridized carbons (Fsp3) is 0.409. The standard InChI is InChI=1S/C18H19F2N7O3.C2H4F2.C2H6/c1-21-15-7-14(24-10-3-2-4-12-16(10)30-6-5-29-12)26-17-11(8-23-27(15)17)25-18(28)22-9-13(19)20;1-2(3)4;1-2/h2-4,7-8,13,21H,5-6,9H2,1H3,(H,24,26)(H2,22,25,28);2H,1H3;1-2H3. The molecule has 10 nitrogen and oxygen atoms in total. The van der Waals surface area contributed by atoms with Crippen LogP contribution in [-0.4, -0.2) is 60.3 Å². The second kappa shape index (κ2) is 13.8. The third kappa shape index (κ3) is 7.78. The van der Waals surface area contributed by atoms with E-state index < -0.39 is 25.4 Å². The Balaban J connectivity index is 0.000000694. The third-order valence-corrected chi connectivity index (χ3v) is 4.22. The number of halogens is 4. The van der Waals surface area contributed by atoms with E-state index >= 15 is 0 Å². The quantitative estimate of drug-likeness (QED) is 0.343. The molecule has 4 N–H and O–H groups in total. The molecule has 1 aliphatic heterocycles. The number of carbonyl (C=O) groups is 1. The number of hydrogen-bond donors (Lipinski definition) is 4. The number of ether oxygens (including phenoxy) is 2. The highest BCUT2D eigenvalue weighted by atomic mass is 19.3. The van der Waals surface area contributed by atoms with Crippen molar-refractivity contribution in [2.24, 2.45) is 0 Å². The Kier molecular flexibility index (Phi) is 10.8. The number of anilines is 4. The smallest absolute Gasteiger partial charge is 0.319 e. The maximum absolute atomic E-state index is 12.3. The van der Waals surface area contributed by atoms with Crippen LogP contribution < -0.4 is 30.7 Å². The van der Waals surface area contributed by atoms with Gasteiger partial charge >= 0.3 is 6.03 Å². The van der Waals surface area contributed by atoms with Gasteiger partial charge in [0, 0.05) is 13.1 Å². The minimum absolute atomic E-state index is 0.261. The average Bonchev–Trinajstić information content (AvgIpc) is 3.26. The summed E-state index contributed by atoms with van der Waals surface area (Å²) in [4.78, 5) is 16.4. The Hall–Kier alpha value is -3.97. The first-order valence-corrected chi connectivity index (χ1v) is 11.1. The lowest BCUT2D eigenvalue weighted by molar-refractivity contribution is 0.148. The van der Waals surface area contributed by atoms with E-state index in [1.165, 1.54) is 10.7 Å². The predicted octanol–water partition coefficient (Wildman–Crippen LogP) is 4.97. The van der Waals surface area contributed by atoms with Crippen LogP contribution in [-0.2, 0) is 0 Å². The highest BCUT2D eigenvalue weighted by Gasteiger charge is 2.18. The fourth-order valence-electron chi connectivity index (χ4n) is 2.94. The zero-order valence-corrected chi connectivity index (χ0v) is 20.2. The minimum atomic E-state index is -2.65. The number of urea groups is 1. The Labute approximate surface area is 205 Å². The molecule has 0 unspecified atom stereocenters. The van der Waals surface area contributed by atoms with E-state index in [1.807, 2.05) is 32.0 Å². The molecule has 14 heteroatoms. The summed E-state index contributed by atoms with van der Waals surface area (Å²) in [6.45, 7) is 4.99. The summed E-state index contributed by atoms with van der Waals surface area (Å²) in [5.41, 5.74) is 1.24. The van der Waals surface area contributed by atoms with Gasteiger partial charge in [0.2, 0.25) is 6.43 Å². The molecule has 3 aromatic rings. The van der Waals surface area contributed by atoms with Gasteiger partial charge in [0.05, 0.1) is 18.4 Å². The lowest BCUT2D eigenvalue weighted by Gasteiger charge is -2.21. The molecule has 198 valence electrons. The van der Waals surface area contributed by atoms with Crippen LogP contribution in [0.3, 0.4) is 0 Å². The number of nitrogens with zero attached hydrogens (tertiary/aromatic N) is 3. The number of nitrogens with one attached hydrogen (secondary N) is 4.